The average molecular weight is 270 g/mol. The number of hydrogen-bond donors (Lipinski definition) is 1. The molecule has 3 aromatic rings. The van der Waals surface area contributed by atoms with Gasteiger partial charge in [0.25, 0.3) is 0 Å². The number of nitrogens with one attached hydrogen (secondary N) is 1. The van der Waals surface area contributed by atoms with Crippen LogP contribution in [0.15, 0.2) is 59.0 Å². The van der Waals surface area contributed by atoms with Crippen molar-refractivity contribution in [2.45, 2.75) is 0 Å². The largest absolute Gasteiger partial charge is 0.279 e. The summed E-state index contributed by atoms with van der Waals surface area (Å²) in [6, 6.07) is 14.8. The lowest BCUT2D eigenvalue weighted by atomic mass is 10.1. The minimum atomic E-state index is -0.182. The molecule has 4 heteroatoms. The number of thiophene rings is 1. The van der Waals surface area contributed by atoms with Crippen molar-refractivity contribution in [3.8, 4) is 0 Å². The molecule has 0 aliphatic rings. The first-order valence-corrected chi connectivity index (χ1v) is 6.72. The van der Waals surface area contributed by atoms with Crippen LogP contribution in [0.2, 0.25) is 0 Å². The number of fused-ring (bicyclic) bond motifs is 1. The molecule has 0 saturated carbocycles. The van der Waals surface area contributed by atoms with Crippen LogP contribution in [-0.4, -0.2) is 6.21 Å². The zero-order valence-corrected chi connectivity index (χ0v) is 10.8. The number of benzene rings is 2. The summed E-state index contributed by atoms with van der Waals surface area (Å²) in [7, 11) is 0. The Morgan fingerprint density at radius 3 is 2.74 bits per heavy atom. The maximum atomic E-state index is 13.5. The smallest absolute Gasteiger partial charge is 0.141 e. The van der Waals surface area contributed by atoms with E-state index in [0.29, 0.717) is 4.70 Å². The van der Waals surface area contributed by atoms with Crippen molar-refractivity contribution in [3.63, 3.8) is 0 Å². The van der Waals surface area contributed by atoms with Crippen LogP contribution in [-0.2, 0) is 0 Å². The summed E-state index contributed by atoms with van der Waals surface area (Å²) in [6.45, 7) is 0. The molecule has 0 unspecified atom stereocenters. The third-order valence-electron chi connectivity index (χ3n) is 2.77. The summed E-state index contributed by atoms with van der Waals surface area (Å²) >= 11 is 1.40. The number of nitrogens with zero attached hydrogens (tertiary/aromatic N) is 1. The van der Waals surface area contributed by atoms with Crippen LogP contribution < -0.4 is 5.43 Å². The van der Waals surface area contributed by atoms with Crippen molar-refractivity contribution in [2.24, 2.45) is 5.10 Å². The van der Waals surface area contributed by atoms with Gasteiger partial charge >= 0.3 is 0 Å². The molecule has 0 aliphatic heterocycles. The number of rotatable bonds is 3. The number of hydrazone groups is 1. The number of hydrogen-bond acceptors (Lipinski definition) is 3. The van der Waals surface area contributed by atoms with Gasteiger partial charge in [0, 0.05) is 10.9 Å². The van der Waals surface area contributed by atoms with E-state index in [1.165, 1.54) is 17.4 Å². The van der Waals surface area contributed by atoms with Gasteiger partial charge in [-0.1, -0.05) is 18.2 Å². The highest BCUT2D eigenvalue weighted by Crippen LogP contribution is 2.26. The summed E-state index contributed by atoms with van der Waals surface area (Å²) in [4.78, 5) is 0. The fourth-order valence-corrected chi connectivity index (χ4v) is 2.69. The molecule has 19 heavy (non-hydrogen) atoms. The van der Waals surface area contributed by atoms with Crippen LogP contribution in [0.25, 0.3) is 10.1 Å². The molecule has 1 N–H and O–H groups in total. The Morgan fingerprint density at radius 1 is 1.05 bits per heavy atom. The average Bonchev–Trinajstić information content (AvgIpc) is 2.93. The van der Waals surface area contributed by atoms with E-state index in [9.17, 15) is 4.39 Å². The van der Waals surface area contributed by atoms with Gasteiger partial charge in [-0.2, -0.15) is 5.10 Å². The summed E-state index contributed by atoms with van der Waals surface area (Å²) in [6.07, 6.45) is 1.71. The second kappa shape index (κ2) is 5.20. The van der Waals surface area contributed by atoms with Gasteiger partial charge in [0.15, 0.2) is 0 Å². The molecular formula is C15H11FN2S. The van der Waals surface area contributed by atoms with Gasteiger partial charge in [-0.15, -0.1) is 11.3 Å². The molecule has 0 radical (unpaired) electrons. The minimum Gasteiger partial charge on any atom is -0.279 e. The zero-order valence-electron chi connectivity index (χ0n) is 10.0. The first-order chi connectivity index (χ1) is 9.34. The molecule has 0 fully saturated rings. The van der Waals surface area contributed by atoms with Crippen LogP contribution in [0.5, 0.6) is 0 Å². The summed E-state index contributed by atoms with van der Waals surface area (Å²) in [5.74, 6) is -0.182. The van der Waals surface area contributed by atoms with Crippen LogP contribution in [0.3, 0.4) is 0 Å². The van der Waals surface area contributed by atoms with Crippen LogP contribution in [0.4, 0.5) is 10.1 Å². The molecule has 1 aromatic heterocycles. The molecule has 0 spiro atoms. The van der Waals surface area contributed by atoms with E-state index in [1.54, 1.807) is 12.3 Å². The van der Waals surface area contributed by atoms with Crippen molar-refractivity contribution < 1.29 is 4.39 Å². The first kappa shape index (κ1) is 11.9. The fraction of sp³-hybridized carbons (Fsp3) is 0. The second-order valence-electron chi connectivity index (χ2n) is 4.04. The number of para-hydroxylation sites is 1. The van der Waals surface area contributed by atoms with Crippen LogP contribution in [0, 0.1) is 5.82 Å². The second-order valence-corrected chi connectivity index (χ2v) is 4.95. The highest BCUT2D eigenvalue weighted by Gasteiger charge is 2.05. The lowest BCUT2D eigenvalue weighted by Gasteiger charge is -2.00. The Hall–Kier alpha value is -2.20. The fourth-order valence-electron chi connectivity index (χ4n) is 1.85. The number of halogens is 1. The maximum Gasteiger partial charge on any atom is 0.141 e. The Morgan fingerprint density at radius 2 is 1.89 bits per heavy atom. The normalized spacial score (nSPS) is 11.2. The summed E-state index contributed by atoms with van der Waals surface area (Å²) in [5.41, 5.74) is 4.77. The summed E-state index contributed by atoms with van der Waals surface area (Å²) in [5, 5.41) is 6.96. The molecule has 1 heterocycles. The lowest BCUT2D eigenvalue weighted by molar-refractivity contribution is 0.641. The van der Waals surface area contributed by atoms with Gasteiger partial charge in [0.1, 0.15) is 5.82 Å². The van der Waals surface area contributed by atoms with E-state index in [0.717, 1.165) is 16.6 Å². The molecule has 0 aliphatic carbocycles. The van der Waals surface area contributed by atoms with E-state index >= 15 is 0 Å². The van der Waals surface area contributed by atoms with Gasteiger partial charge < -0.3 is 0 Å². The summed E-state index contributed by atoms with van der Waals surface area (Å²) < 4.78 is 14.2. The van der Waals surface area contributed by atoms with Crippen molar-refractivity contribution in [2.75, 3.05) is 5.43 Å². The van der Waals surface area contributed by atoms with E-state index < -0.39 is 0 Å². The predicted molar refractivity (Wildman–Crippen MR) is 79.4 cm³/mol. The van der Waals surface area contributed by atoms with Gasteiger partial charge in [0.05, 0.1) is 16.6 Å². The van der Waals surface area contributed by atoms with Crippen molar-refractivity contribution in [1.29, 1.82) is 0 Å². The van der Waals surface area contributed by atoms with E-state index in [2.05, 4.69) is 10.5 Å². The van der Waals surface area contributed by atoms with Gasteiger partial charge in [-0.25, -0.2) is 4.39 Å². The Labute approximate surface area is 114 Å². The molecule has 0 saturated heterocycles. The highest BCUT2D eigenvalue weighted by molar-refractivity contribution is 7.17. The minimum absolute atomic E-state index is 0.182. The molecule has 0 atom stereocenters. The van der Waals surface area contributed by atoms with E-state index in [1.807, 2.05) is 41.8 Å². The van der Waals surface area contributed by atoms with E-state index in [-0.39, 0.29) is 5.82 Å². The lowest BCUT2D eigenvalue weighted by Crippen LogP contribution is -1.91. The molecule has 2 nitrogen and oxygen atoms in total. The number of anilines is 1. The molecular weight excluding hydrogens is 259 g/mol. The van der Waals surface area contributed by atoms with E-state index in [4.69, 9.17) is 0 Å². The first-order valence-electron chi connectivity index (χ1n) is 5.84. The molecule has 94 valence electrons. The maximum absolute atomic E-state index is 13.5. The van der Waals surface area contributed by atoms with Gasteiger partial charge in [-0.3, -0.25) is 5.43 Å². The Bertz CT molecular complexity index is 719. The zero-order chi connectivity index (χ0) is 13.1. The standard InChI is InChI=1S/C15H11FN2S/c16-14-7-6-11(13-8-9-19-15(13)14)10-17-18-12-4-2-1-3-5-12/h1-10,18H. The third kappa shape index (κ3) is 2.48. The predicted octanol–water partition coefficient (Wildman–Crippen LogP) is 4.49. The monoisotopic (exact) mass is 270 g/mol. The van der Waals surface area contributed by atoms with Crippen LogP contribution in [0.1, 0.15) is 5.56 Å². The Kier molecular flexibility index (Phi) is 3.25. The molecule has 0 amide bonds. The SMILES string of the molecule is Fc1ccc(C=NNc2ccccc2)c2ccsc12. The molecule has 3 rings (SSSR count). The van der Waals surface area contributed by atoms with Crippen molar-refractivity contribution >= 4 is 33.3 Å². The topological polar surface area (TPSA) is 24.4 Å². The molecule has 0 bridgehead atoms. The van der Waals surface area contributed by atoms with Gasteiger partial charge in [0.2, 0.25) is 0 Å². The van der Waals surface area contributed by atoms with Crippen molar-refractivity contribution in [3.05, 3.63) is 65.3 Å². The van der Waals surface area contributed by atoms with Crippen molar-refractivity contribution in [1.82, 2.24) is 0 Å². The third-order valence-corrected chi connectivity index (χ3v) is 3.70. The Balaban J connectivity index is 1.86. The van der Waals surface area contributed by atoms with Crippen LogP contribution >= 0.6 is 11.3 Å². The quantitative estimate of drug-likeness (QED) is 0.550. The highest BCUT2D eigenvalue weighted by atomic mass is 32.1. The van der Waals surface area contributed by atoms with Gasteiger partial charge in [-0.05, 0) is 35.7 Å². The molecule has 2 aromatic carbocycles.